The van der Waals surface area contributed by atoms with Crippen LogP contribution >= 0.6 is 39.7 Å². The van der Waals surface area contributed by atoms with Crippen molar-refractivity contribution in [2.45, 2.75) is 0 Å². The molecule has 0 aliphatic carbocycles. The van der Waals surface area contributed by atoms with E-state index in [-0.39, 0.29) is 33.8 Å². The number of thiocarbonyl (C=S) groups is 1. The van der Waals surface area contributed by atoms with E-state index in [1.807, 2.05) is 0 Å². The summed E-state index contributed by atoms with van der Waals surface area (Å²) in [6.07, 6.45) is 1.29. The Labute approximate surface area is 194 Å². The van der Waals surface area contributed by atoms with E-state index in [1.165, 1.54) is 49.6 Å². The second kappa shape index (κ2) is 9.54. The summed E-state index contributed by atoms with van der Waals surface area (Å²) in [6, 6.07) is 8.52. The average Bonchev–Trinajstić information content (AvgIpc) is 2.71. The Bertz CT molecular complexity index is 1120. The van der Waals surface area contributed by atoms with Crippen molar-refractivity contribution in [2.24, 2.45) is 0 Å². The summed E-state index contributed by atoms with van der Waals surface area (Å²) in [5, 5.41) is 2.26. The fraction of sp³-hybridized carbons (Fsp3) is 0.100. The van der Waals surface area contributed by atoms with Gasteiger partial charge in [-0.3, -0.25) is 14.9 Å². The highest BCUT2D eigenvalue weighted by atomic mass is 79.9. The molecule has 2 aromatic carbocycles. The number of nitrogens with one attached hydrogen (secondary N) is 1. The molecule has 1 N–H and O–H groups in total. The second-order valence-electron chi connectivity index (χ2n) is 6.09. The Balaban J connectivity index is 1.95. The highest BCUT2D eigenvalue weighted by Crippen LogP contribution is 2.35. The van der Waals surface area contributed by atoms with Crippen molar-refractivity contribution in [1.82, 2.24) is 5.32 Å². The van der Waals surface area contributed by atoms with Crippen LogP contribution < -0.4 is 15.0 Å². The molecular weight excluding hydrogens is 515 g/mol. The van der Waals surface area contributed by atoms with E-state index in [0.717, 1.165) is 4.90 Å². The maximum Gasteiger partial charge on any atom is 0.343 e. The van der Waals surface area contributed by atoms with Gasteiger partial charge in [-0.25, -0.2) is 14.1 Å². The van der Waals surface area contributed by atoms with Gasteiger partial charge in [-0.05, 0) is 64.1 Å². The number of amides is 2. The van der Waals surface area contributed by atoms with Crippen molar-refractivity contribution >= 4 is 74.4 Å². The number of nitrogens with zero attached hydrogens (tertiary/aromatic N) is 1. The molecular formula is C20H13BrClFN2O5S. The first-order chi connectivity index (χ1) is 14.7. The molecule has 0 saturated carbocycles. The molecule has 1 fully saturated rings. The molecule has 3 rings (SSSR count). The zero-order valence-corrected chi connectivity index (χ0v) is 18.9. The summed E-state index contributed by atoms with van der Waals surface area (Å²) in [7, 11) is 1.22. The zero-order valence-electron chi connectivity index (χ0n) is 15.8. The number of halogens is 3. The number of methoxy groups -OCH3 is 1. The molecule has 0 aromatic heterocycles. The van der Waals surface area contributed by atoms with Crippen molar-refractivity contribution in [3.8, 4) is 5.75 Å². The van der Waals surface area contributed by atoms with Crippen molar-refractivity contribution in [1.29, 1.82) is 0 Å². The van der Waals surface area contributed by atoms with E-state index in [4.69, 9.17) is 28.6 Å². The van der Waals surface area contributed by atoms with Crippen LogP contribution in [0.5, 0.6) is 5.75 Å². The minimum Gasteiger partial charge on any atom is -0.479 e. The molecule has 1 aliphatic heterocycles. The number of carbonyl (C=O) groups is 3. The van der Waals surface area contributed by atoms with Gasteiger partial charge in [-0.15, -0.1) is 0 Å². The van der Waals surface area contributed by atoms with Gasteiger partial charge in [-0.1, -0.05) is 23.7 Å². The lowest BCUT2D eigenvalue weighted by Gasteiger charge is -2.29. The Morgan fingerprint density at radius 2 is 2.03 bits per heavy atom. The van der Waals surface area contributed by atoms with Crippen LogP contribution in [0.4, 0.5) is 10.1 Å². The van der Waals surface area contributed by atoms with Crippen LogP contribution in [0.25, 0.3) is 6.08 Å². The number of anilines is 1. The molecule has 2 aromatic rings. The Kier molecular flexibility index (Phi) is 7.04. The molecule has 11 heteroatoms. The van der Waals surface area contributed by atoms with Gasteiger partial charge >= 0.3 is 5.97 Å². The number of rotatable bonds is 5. The fourth-order valence-corrected chi connectivity index (χ4v) is 3.93. The molecule has 1 saturated heterocycles. The molecule has 1 aliphatic rings. The van der Waals surface area contributed by atoms with Crippen molar-refractivity contribution in [3.63, 3.8) is 0 Å². The SMILES string of the molecule is COC(=O)COc1c(Cl)cc(/C=C2\C(=O)NC(=S)N(c3ccccc3F)C2=O)cc1Br. The van der Waals surface area contributed by atoms with Crippen LogP contribution in [-0.4, -0.2) is 36.6 Å². The summed E-state index contributed by atoms with van der Waals surface area (Å²) in [5.74, 6) is -2.62. The van der Waals surface area contributed by atoms with Gasteiger partial charge in [0.1, 0.15) is 11.4 Å². The van der Waals surface area contributed by atoms with E-state index in [2.05, 4.69) is 26.0 Å². The highest BCUT2D eigenvalue weighted by Gasteiger charge is 2.35. The number of benzene rings is 2. The van der Waals surface area contributed by atoms with Gasteiger partial charge in [-0.2, -0.15) is 0 Å². The molecule has 7 nitrogen and oxygen atoms in total. The summed E-state index contributed by atoms with van der Waals surface area (Å²) < 4.78 is 24.4. The largest absolute Gasteiger partial charge is 0.479 e. The summed E-state index contributed by atoms with van der Waals surface area (Å²) in [6.45, 7) is -0.356. The number of para-hydroxylation sites is 1. The normalized spacial score (nSPS) is 15.2. The van der Waals surface area contributed by atoms with Crippen LogP contribution in [0, 0.1) is 5.82 Å². The predicted octanol–water partition coefficient (Wildman–Crippen LogP) is 3.62. The smallest absolute Gasteiger partial charge is 0.343 e. The maximum absolute atomic E-state index is 14.2. The summed E-state index contributed by atoms with van der Waals surface area (Å²) in [5.41, 5.74) is 0.0133. The molecule has 0 spiro atoms. The topological polar surface area (TPSA) is 84.9 Å². The third-order valence-corrected chi connectivity index (χ3v) is 5.24. The first-order valence-corrected chi connectivity index (χ1v) is 10.2. The van der Waals surface area contributed by atoms with E-state index >= 15 is 0 Å². The third kappa shape index (κ3) is 4.92. The summed E-state index contributed by atoms with van der Waals surface area (Å²) in [4.78, 5) is 37.5. The molecule has 0 radical (unpaired) electrons. The van der Waals surface area contributed by atoms with Crippen molar-refractivity contribution in [3.05, 3.63) is 62.8 Å². The third-order valence-electron chi connectivity index (χ3n) is 4.09. The molecule has 0 atom stereocenters. The number of hydrogen-bond donors (Lipinski definition) is 1. The van der Waals surface area contributed by atoms with Gasteiger partial charge in [0.2, 0.25) is 0 Å². The minimum atomic E-state index is -0.794. The fourth-order valence-electron chi connectivity index (χ4n) is 2.67. The van der Waals surface area contributed by atoms with Crippen molar-refractivity contribution in [2.75, 3.05) is 18.6 Å². The Morgan fingerprint density at radius 1 is 1.32 bits per heavy atom. The average molecular weight is 528 g/mol. The molecule has 0 unspecified atom stereocenters. The number of hydrogen-bond acceptors (Lipinski definition) is 6. The van der Waals surface area contributed by atoms with Crippen molar-refractivity contribution < 1.29 is 28.2 Å². The van der Waals surface area contributed by atoms with E-state index in [1.54, 1.807) is 0 Å². The maximum atomic E-state index is 14.2. The van der Waals surface area contributed by atoms with Gasteiger partial charge in [0.15, 0.2) is 17.5 Å². The predicted molar refractivity (Wildman–Crippen MR) is 119 cm³/mol. The van der Waals surface area contributed by atoms with Crippen LogP contribution in [0.15, 0.2) is 46.4 Å². The summed E-state index contributed by atoms with van der Waals surface area (Å²) >= 11 is 14.5. The molecule has 2 amide bonds. The molecule has 160 valence electrons. The van der Waals surface area contributed by atoms with E-state index < -0.39 is 23.6 Å². The lowest BCUT2D eigenvalue weighted by Crippen LogP contribution is -2.54. The first-order valence-electron chi connectivity index (χ1n) is 8.57. The van der Waals surface area contributed by atoms with Gasteiger partial charge < -0.3 is 9.47 Å². The lowest BCUT2D eigenvalue weighted by atomic mass is 10.1. The van der Waals surface area contributed by atoms with Gasteiger partial charge in [0.05, 0.1) is 22.3 Å². The first kappa shape index (κ1) is 22.9. The highest BCUT2D eigenvalue weighted by molar-refractivity contribution is 9.10. The van der Waals surface area contributed by atoms with Crippen LogP contribution in [0.2, 0.25) is 5.02 Å². The standard InChI is InChI=1S/C20H13BrClFN2O5S/c1-29-16(26)9-30-17-12(21)7-10(8-13(17)22)6-11-18(27)24-20(31)25(19(11)28)15-5-3-2-4-14(15)23/h2-8H,9H2,1H3,(H,24,27,31)/b11-6+. The molecule has 0 bridgehead atoms. The minimum absolute atomic E-state index is 0.0887. The Hall–Kier alpha value is -2.82. The quantitative estimate of drug-likeness (QED) is 0.277. The monoisotopic (exact) mass is 526 g/mol. The van der Waals surface area contributed by atoms with E-state index in [9.17, 15) is 18.8 Å². The van der Waals surface area contributed by atoms with Gasteiger partial charge in [0.25, 0.3) is 11.8 Å². The van der Waals surface area contributed by atoms with E-state index in [0.29, 0.717) is 10.0 Å². The zero-order chi connectivity index (χ0) is 22.7. The molecule has 31 heavy (non-hydrogen) atoms. The van der Waals surface area contributed by atoms with Gasteiger partial charge in [0, 0.05) is 0 Å². The van der Waals surface area contributed by atoms with Crippen LogP contribution in [-0.2, 0) is 19.1 Å². The second-order valence-corrected chi connectivity index (χ2v) is 7.74. The number of esters is 1. The van der Waals surface area contributed by atoms with Crippen LogP contribution in [0.3, 0.4) is 0 Å². The Morgan fingerprint density at radius 3 is 2.68 bits per heavy atom. The molecule has 1 heterocycles. The lowest BCUT2D eigenvalue weighted by molar-refractivity contribution is -0.143. The van der Waals surface area contributed by atoms with Crippen LogP contribution in [0.1, 0.15) is 5.56 Å². The number of ether oxygens (including phenoxy) is 2. The number of carbonyl (C=O) groups excluding carboxylic acids is 3.